The molecule has 0 unspecified atom stereocenters. The third kappa shape index (κ3) is 5.14. The molecular weight excluding hydrogens is 368 g/mol. The molecule has 3 rings (SSSR count). The minimum absolute atomic E-state index is 0.0690. The number of benzene rings is 2. The Morgan fingerprint density at radius 3 is 2.68 bits per heavy atom. The first kappa shape index (κ1) is 20.0. The number of hydrogen-bond donors (Lipinski definition) is 1. The van der Waals surface area contributed by atoms with E-state index in [0.29, 0.717) is 18.1 Å². The number of carbonyl (C=O) groups excluding carboxylic acids is 1. The Hall–Kier alpha value is -2.78. The number of amides is 1. The van der Waals surface area contributed by atoms with Crippen LogP contribution in [0.4, 0.5) is 5.69 Å². The van der Waals surface area contributed by atoms with Gasteiger partial charge in [0.1, 0.15) is 0 Å². The molecular formula is C22H24N4OS. The van der Waals surface area contributed by atoms with Crippen molar-refractivity contribution in [3.8, 4) is 6.07 Å². The highest BCUT2D eigenvalue weighted by Crippen LogP contribution is 2.25. The molecule has 1 amide bonds. The maximum absolute atomic E-state index is 12.4. The summed E-state index contributed by atoms with van der Waals surface area (Å²) in [6.45, 7) is 5.31. The van der Waals surface area contributed by atoms with Crippen LogP contribution in [0, 0.1) is 17.2 Å². The second-order valence-electron chi connectivity index (χ2n) is 7.09. The second-order valence-corrected chi connectivity index (χ2v) is 8.03. The zero-order chi connectivity index (χ0) is 19.9. The van der Waals surface area contributed by atoms with Gasteiger partial charge in [-0.1, -0.05) is 49.9 Å². The lowest BCUT2D eigenvalue weighted by Gasteiger charge is -2.11. The van der Waals surface area contributed by atoms with E-state index in [4.69, 9.17) is 10.2 Å². The predicted molar refractivity (Wildman–Crippen MR) is 114 cm³/mol. The smallest absolute Gasteiger partial charge is 0.234 e. The Morgan fingerprint density at radius 1 is 1.21 bits per heavy atom. The number of nitriles is 1. The van der Waals surface area contributed by atoms with Crippen LogP contribution in [0.15, 0.2) is 53.7 Å². The van der Waals surface area contributed by atoms with Crippen LogP contribution in [0.1, 0.15) is 25.8 Å². The van der Waals surface area contributed by atoms with E-state index in [1.54, 1.807) is 0 Å². The zero-order valence-electron chi connectivity index (χ0n) is 16.2. The minimum atomic E-state index is -0.0690. The molecule has 6 heteroatoms. The number of para-hydroxylation sites is 2. The number of aromatic nitrogens is 2. The Kier molecular flexibility index (Phi) is 6.72. The van der Waals surface area contributed by atoms with Gasteiger partial charge in [-0.2, -0.15) is 5.26 Å². The van der Waals surface area contributed by atoms with Crippen LogP contribution in [0.5, 0.6) is 0 Å². The van der Waals surface area contributed by atoms with E-state index in [0.717, 1.165) is 40.4 Å². The molecule has 0 atom stereocenters. The van der Waals surface area contributed by atoms with Crippen molar-refractivity contribution in [3.05, 3.63) is 54.1 Å². The molecule has 0 saturated heterocycles. The van der Waals surface area contributed by atoms with Crippen molar-refractivity contribution in [2.45, 2.75) is 38.4 Å². The Balaban J connectivity index is 1.66. The molecule has 3 aromatic rings. The van der Waals surface area contributed by atoms with Gasteiger partial charge >= 0.3 is 0 Å². The standard InChI is InChI=1S/C22H24N4OS/c1-16(2)12-14-26-20-6-4-3-5-19(20)25-22(26)28-15-21(27)24-18-9-7-17(8-10-18)11-13-23/h3-10,16H,11-12,14-15H2,1-2H3,(H,24,27). The van der Waals surface area contributed by atoms with Gasteiger partial charge in [0.25, 0.3) is 0 Å². The van der Waals surface area contributed by atoms with Gasteiger partial charge in [-0.3, -0.25) is 4.79 Å². The number of fused-ring (bicyclic) bond motifs is 1. The fourth-order valence-electron chi connectivity index (χ4n) is 2.89. The molecule has 1 aromatic heterocycles. The van der Waals surface area contributed by atoms with E-state index in [9.17, 15) is 4.79 Å². The van der Waals surface area contributed by atoms with Crippen LogP contribution < -0.4 is 5.32 Å². The van der Waals surface area contributed by atoms with Crippen molar-refractivity contribution in [2.24, 2.45) is 5.92 Å². The van der Waals surface area contributed by atoms with Gasteiger partial charge in [-0.15, -0.1) is 0 Å². The van der Waals surface area contributed by atoms with E-state index in [2.05, 4.69) is 35.9 Å². The zero-order valence-corrected chi connectivity index (χ0v) is 17.0. The summed E-state index contributed by atoms with van der Waals surface area (Å²) < 4.78 is 2.21. The molecule has 0 radical (unpaired) electrons. The largest absolute Gasteiger partial charge is 0.325 e. The third-order valence-electron chi connectivity index (χ3n) is 4.40. The monoisotopic (exact) mass is 392 g/mol. The van der Waals surface area contributed by atoms with Crippen LogP contribution in [0.25, 0.3) is 11.0 Å². The summed E-state index contributed by atoms with van der Waals surface area (Å²) in [5.41, 5.74) is 3.75. The normalized spacial score (nSPS) is 10.9. The van der Waals surface area contributed by atoms with Gasteiger partial charge in [0.05, 0.1) is 29.3 Å². The molecule has 1 heterocycles. The topological polar surface area (TPSA) is 70.7 Å². The fraction of sp³-hybridized carbons (Fsp3) is 0.318. The first-order valence-electron chi connectivity index (χ1n) is 9.40. The molecule has 0 bridgehead atoms. The summed E-state index contributed by atoms with van der Waals surface area (Å²) in [6.07, 6.45) is 1.44. The number of carbonyl (C=O) groups is 1. The molecule has 0 aliphatic heterocycles. The molecule has 28 heavy (non-hydrogen) atoms. The van der Waals surface area contributed by atoms with Crippen LogP contribution in [0.2, 0.25) is 0 Å². The summed E-state index contributed by atoms with van der Waals surface area (Å²) in [5.74, 6) is 0.831. The van der Waals surface area contributed by atoms with Crippen molar-refractivity contribution in [1.29, 1.82) is 5.26 Å². The van der Waals surface area contributed by atoms with Gasteiger partial charge in [0.15, 0.2) is 5.16 Å². The van der Waals surface area contributed by atoms with E-state index in [-0.39, 0.29) is 5.91 Å². The Labute approximate surface area is 169 Å². The fourth-order valence-corrected chi connectivity index (χ4v) is 3.73. The Morgan fingerprint density at radius 2 is 1.96 bits per heavy atom. The summed E-state index contributed by atoms with van der Waals surface area (Å²) in [4.78, 5) is 17.1. The molecule has 0 saturated carbocycles. The van der Waals surface area contributed by atoms with Gasteiger partial charge in [-0.25, -0.2) is 4.98 Å². The molecule has 5 nitrogen and oxygen atoms in total. The Bertz CT molecular complexity index is 986. The SMILES string of the molecule is CC(C)CCn1c(SCC(=O)Nc2ccc(CC#N)cc2)nc2ccccc21. The third-order valence-corrected chi connectivity index (χ3v) is 5.38. The second kappa shape index (κ2) is 9.43. The molecule has 144 valence electrons. The average molecular weight is 393 g/mol. The maximum atomic E-state index is 12.4. The highest BCUT2D eigenvalue weighted by molar-refractivity contribution is 7.99. The van der Waals surface area contributed by atoms with Gasteiger partial charge in [-0.05, 0) is 42.2 Å². The number of imidazole rings is 1. The van der Waals surface area contributed by atoms with Crippen molar-refractivity contribution in [3.63, 3.8) is 0 Å². The van der Waals surface area contributed by atoms with Crippen LogP contribution in [0.3, 0.4) is 0 Å². The lowest BCUT2D eigenvalue weighted by molar-refractivity contribution is -0.113. The van der Waals surface area contributed by atoms with Crippen molar-refractivity contribution in [1.82, 2.24) is 9.55 Å². The number of nitrogens with one attached hydrogen (secondary N) is 1. The van der Waals surface area contributed by atoms with E-state index in [1.165, 1.54) is 11.8 Å². The number of anilines is 1. The first-order valence-corrected chi connectivity index (χ1v) is 10.4. The molecule has 0 spiro atoms. The molecule has 0 aliphatic rings. The summed E-state index contributed by atoms with van der Waals surface area (Å²) in [5, 5.41) is 12.5. The first-order chi connectivity index (χ1) is 13.6. The van der Waals surface area contributed by atoms with Crippen LogP contribution >= 0.6 is 11.8 Å². The molecule has 1 N–H and O–H groups in total. The quantitative estimate of drug-likeness (QED) is 0.555. The molecule has 0 aliphatic carbocycles. The maximum Gasteiger partial charge on any atom is 0.234 e. The highest BCUT2D eigenvalue weighted by atomic mass is 32.2. The minimum Gasteiger partial charge on any atom is -0.325 e. The van der Waals surface area contributed by atoms with Gasteiger partial charge < -0.3 is 9.88 Å². The predicted octanol–water partition coefficient (Wildman–Crippen LogP) is 4.88. The molecule has 0 fully saturated rings. The lowest BCUT2D eigenvalue weighted by Crippen LogP contribution is -2.14. The lowest BCUT2D eigenvalue weighted by atomic mass is 10.1. The van der Waals surface area contributed by atoms with Crippen LogP contribution in [-0.4, -0.2) is 21.2 Å². The van der Waals surface area contributed by atoms with Gasteiger partial charge in [0.2, 0.25) is 5.91 Å². The van der Waals surface area contributed by atoms with Crippen molar-refractivity contribution in [2.75, 3.05) is 11.1 Å². The summed E-state index contributed by atoms with van der Waals surface area (Å²) >= 11 is 1.46. The van der Waals surface area contributed by atoms with Crippen LogP contribution in [-0.2, 0) is 17.8 Å². The average Bonchev–Trinajstić information content (AvgIpc) is 3.04. The van der Waals surface area contributed by atoms with Crippen molar-refractivity contribution >= 4 is 34.4 Å². The van der Waals surface area contributed by atoms with E-state index < -0.39 is 0 Å². The van der Waals surface area contributed by atoms with Crippen molar-refractivity contribution < 1.29 is 4.79 Å². The number of thioether (sulfide) groups is 1. The van der Waals surface area contributed by atoms with Gasteiger partial charge in [0, 0.05) is 12.2 Å². The molecule has 2 aromatic carbocycles. The van der Waals surface area contributed by atoms with E-state index in [1.807, 2.05) is 42.5 Å². The summed E-state index contributed by atoms with van der Waals surface area (Å²) in [7, 11) is 0. The van der Waals surface area contributed by atoms with E-state index >= 15 is 0 Å². The number of rotatable bonds is 8. The number of hydrogen-bond acceptors (Lipinski definition) is 4. The number of nitrogens with zero attached hydrogens (tertiary/aromatic N) is 3. The highest BCUT2D eigenvalue weighted by Gasteiger charge is 2.13. The number of aryl methyl sites for hydroxylation is 1. The summed E-state index contributed by atoms with van der Waals surface area (Å²) in [6, 6.07) is 17.6.